The van der Waals surface area contributed by atoms with Crippen molar-refractivity contribution in [2.24, 2.45) is 5.41 Å². The Morgan fingerprint density at radius 2 is 1.93 bits per heavy atom. The maximum Gasteiger partial charge on any atom is 0.365 e. The number of carbonyl (C=O) groups is 2. The summed E-state index contributed by atoms with van der Waals surface area (Å²) in [4.78, 5) is 21.6. The molecule has 15 heavy (non-hydrogen) atoms. The summed E-state index contributed by atoms with van der Waals surface area (Å²) < 4.78 is 0. The molecule has 0 fully saturated rings. The van der Waals surface area contributed by atoms with E-state index in [4.69, 9.17) is 0 Å². The number of nitrogens with one attached hydrogen (secondary N) is 1. The molecule has 0 aliphatic rings. The van der Waals surface area contributed by atoms with Crippen molar-refractivity contribution < 1.29 is 14.7 Å². The van der Waals surface area contributed by atoms with Crippen molar-refractivity contribution >= 4 is 23.6 Å². The van der Waals surface area contributed by atoms with E-state index in [-0.39, 0.29) is 17.1 Å². The van der Waals surface area contributed by atoms with Crippen LogP contribution >= 0.6 is 11.8 Å². The zero-order valence-electron chi connectivity index (χ0n) is 9.46. The van der Waals surface area contributed by atoms with Gasteiger partial charge in [0.2, 0.25) is 5.91 Å². The van der Waals surface area contributed by atoms with Crippen LogP contribution in [0.1, 0.15) is 27.2 Å². The maximum atomic E-state index is 11.5. The minimum atomic E-state index is -1.07. The Bertz CT molecular complexity index is 229. The number of hydrogen-bond acceptors (Lipinski definition) is 3. The Hall–Kier alpha value is -0.710. The molecule has 0 saturated heterocycles. The normalized spacial score (nSPS) is 11.1. The number of thioether (sulfide) groups is 1. The molecule has 0 bridgehead atoms. The van der Waals surface area contributed by atoms with E-state index in [0.29, 0.717) is 12.3 Å². The van der Waals surface area contributed by atoms with Crippen LogP contribution in [0.5, 0.6) is 0 Å². The van der Waals surface area contributed by atoms with Crippen LogP contribution in [0.15, 0.2) is 0 Å². The van der Waals surface area contributed by atoms with Gasteiger partial charge in [-0.25, -0.2) is 9.90 Å². The molecule has 1 N–H and O–H groups in total. The zero-order chi connectivity index (χ0) is 11.9. The molecular weight excluding hydrogens is 214 g/mol. The minimum Gasteiger partial charge on any atom is -0.355 e. The average Bonchev–Trinajstić information content (AvgIpc) is 2.16. The first-order chi connectivity index (χ1) is 6.90. The van der Waals surface area contributed by atoms with Crippen LogP contribution in [0.3, 0.4) is 0 Å². The lowest BCUT2D eigenvalue weighted by Crippen LogP contribution is -2.37. The fourth-order valence-corrected chi connectivity index (χ4v) is 1.35. The third kappa shape index (κ3) is 6.38. The molecule has 0 rings (SSSR count). The number of rotatable bonds is 7. The third-order valence-electron chi connectivity index (χ3n) is 2.25. The van der Waals surface area contributed by atoms with Crippen LogP contribution in [-0.2, 0) is 14.7 Å². The van der Waals surface area contributed by atoms with Gasteiger partial charge < -0.3 is 5.32 Å². The fourth-order valence-electron chi connectivity index (χ4n) is 0.792. The monoisotopic (exact) mass is 232 g/mol. The van der Waals surface area contributed by atoms with Gasteiger partial charge in [0.1, 0.15) is 0 Å². The lowest BCUT2D eigenvalue weighted by atomic mass is 9.89. The van der Waals surface area contributed by atoms with Crippen molar-refractivity contribution in [1.82, 2.24) is 5.32 Å². The molecule has 0 aromatic carbocycles. The second-order valence-electron chi connectivity index (χ2n) is 3.92. The second-order valence-corrected chi connectivity index (χ2v) is 5.02. The third-order valence-corrected chi connectivity index (χ3v) is 3.18. The van der Waals surface area contributed by atoms with E-state index >= 15 is 0 Å². The van der Waals surface area contributed by atoms with Crippen LogP contribution in [0.2, 0.25) is 0 Å². The molecule has 0 atom stereocenters. The molecule has 0 unspecified atom stereocenters. The van der Waals surface area contributed by atoms with Gasteiger partial charge in [-0.2, -0.15) is 0 Å². The lowest BCUT2D eigenvalue weighted by Gasteiger charge is -2.21. The molecule has 0 aromatic rings. The highest BCUT2D eigenvalue weighted by molar-refractivity contribution is 7.99. The SMILES string of the molecule is CCC(C)(C)C(=O)NCCSCC([O])=O. The molecule has 87 valence electrons. The maximum absolute atomic E-state index is 11.5. The summed E-state index contributed by atoms with van der Waals surface area (Å²) in [5, 5.41) is 12.9. The summed E-state index contributed by atoms with van der Waals surface area (Å²) in [6.07, 6.45) is 0.783. The first-order valence-electron chi connectivity index (χ1n) is 4.96. The van der Waals surface area contributed by atoms with Crippen LogP contribution in [0.25, 0.3) is 0 Å². The van der Waals surface area contributed by atoms with E-state index < -0.39 is 5.97 Å². The molecule has 0 aromatic heterocycles. The van der Waals surface area contributed by atoms with Crippen molar-refractivity contribution in [3.63, 3.8) is 0 Å². The highest BCUT2D eigenvalue weighted by Gasteiger charge is 2.24. The predicted octanol–water partition coefficient (Wildman–Crippen LogP) is 1.23. The first kappa shape index (κ1) is 14.3. The lowest BCUT2D eigenvalue weighted by molar-refractivity contribution is -0.139. The van der Waals surface area contributed by atoms with Gasteiger partial charge in [0.25, 0.3) is 0 Å². The molecule has 0 spiro atoms. The summed E-state index contributed by atoms with van der Waals surface area (Å²) in [7, 11) is 0. The van der Waals surface area contributed by atoms with E-state index in [2.05, 4.69) is 5.32 Å². The van der Waals surface area contributed by atoms with E-state index in [1.54, 1.807) is 0 Å². The minimum absolute atomic E-state index is 0.0130. The fraction of sp³-hybridized carbons (Fsp3) is 0.800. The van der Waals surface area contributed by atoms with Gasteiger partial charge in [-0.3, -0.25) is 4.79 Å². The molecule has 4 nitrogen and oxygen atoms in total. The number of amides is 1. The summed E-state index contributed by atoms with van der Waals surface area (Å²) in [5.74, 6) is -0.480. The molecule has 0 saturated carbocycles. The van der Waals surface area contributed by atoms with E-state index in [0.717, 1.165) is 6.42 Å². The standard InChI is InChI=1S/C10H18NO3S/c1-4-10(2,3)9(14)11-5-6-15-7-8(12)13/h4-7H2,1-3H3,(H,11,14). The smallest absolute Gasteiger partial charge is 0.355 e. The van der Waals surface area contributed by atoms with E-state index in [1.807, 2.05) is 20.8 Å². The van der Waals surface area contributed by atoms with Gasteiger partial charge in [-0.1, -0.05) is 20.8 Å². The van der Waals surface area contributed by atoms with Gasteiger partial charge in [-0.05, 0) is 6.42 Å². The van der Waals surface area contributed by atoms with E-state index in [1.165, 1.54) is 11.8 Å². The van der Waals surface area contributed by atoms with Gasteiger partial charge in [0.05, 0.1) is 5.75 Å². The van der Waals surface area contributed by atoms with Crippen molar-refractivity contribution in [2.75, 3.05) is 18.1 Å². The largest absolute Gasteiger partial charge is 0.365 e. The summed E-state index contributed by atoms with van der Waals surface area (Å²) >= 11 is 1.24. The van der Waals surface area contributed by atoms with Crippen LogP contribution in [0, 0.1) is 5.41 Å². The van der Waals surface area contributed by atoms with Crippen molar-refractivity contribution in [2.45, 2.75) is 27.2 Å². The molecule has 5 heteroatoms. The number of hydrogen-bond donors (Lipinski definition) is 1. The van der Waals surface area contributed by atoms with Crippen LogP contribution in [0.4, 0.5) is 0 Å². The summed E-state index contributed by atoms with van der Waals surface area (Å²) in [5.41, 5.74) is -0.348. The van der Waals surface area contributed by atoms with Crippen molar-refractivity contribution in [1.29, 1.82) is 0 Å². The first-order valence-corrected chi connectivity index (χ1v) is 6.11. The highest BCUT2D eigenvalue weighted by atomic mass is 32.2. The Kier molecular flexibility index (Phi) is 6.40. The average molecular weight is 232 g/mol. The quantitative estimate of drug-likeness (QED) is 0.671. The van der Waals surface area contributed by atoms with Crippen LogP contribution < -0.4 is 5.32 Å². The molecule has 1 radical (unpaired) electrons. The predicted molar refractivity (Wildman–Crippen MR) is 60.1 cm³/mol. The molecule has 0 aliphatic heterocycles. The molecule has 0 aliphatic carbocycles. The number of carbonyl (C=O) groups excluding carboxylic acids is 2. The Morgan fingerprint density at radius 3 is 2.40 bits per heavy atom. The van der Waals surface area contributed by atoms with Gasteiger partial charge in [0, 0.05) is 17.7 Å². The Morgan fingerprint density at radius 1 is 1.33 bits per heavy atom. The summed E-state index contributed by atoms with van der Waals surface area (Å²) in [6, 6.07) is 0. The van der Waals surface area contributed by atoms with Crippen LogP contribution in [-0.4, -0.2) is 29.9 Å². The van der Waals surface area contributed by atoms with Gasteiger partial charge >= 0.3 is 5.97 Å². The Balaban J connectivity index is 3.60. The molecular formula is C10H18NO3S. The summed E-state index contributed by atoms with van der Waals surface area (Å²) in [6.45, 7) is 6.23. The Labute approximate surface area is 94.8 Å². The second kappa shape index (κ2) is 6.71. The van der Waals surface area contributed by atoms with Crippen molar-refractivity contribution in [3.8, 4) is 0 Å². The van der Waals surface area contributed by atoms with E-state index in [9.17, 15) is 14.7 Å². The topological polar surface area (TPSA) is 66.1 Å². The van der Waals surface area contributed by atoms with Gasteiger partial charge in [-0.15, -0.1) is 11.8 Å². The highest BCUT2D eigenvalue weighted by Crippen LogP contribution is 2.19. The molecule has 1 amide bonds. The molecule has 0 heterocycles. The van der Waals surface area contributed by atoms with Crippen molar-refractivity contribution in [3.05, 3.63) is 0 Å². The zero-order valence-corrected chi connectivity index (χ0v) is 10.3. The van der Waals surface area contributed by atoms with Gasteiger partial charge in [0.15, 0.2) is 0 Å².